The number of aryl methyl sites for hydroxylation is 2. The van der Waals surface area contributed by atoms with E-state index >= 15 is 0 Å². The van der Waals surface area contributed by atoms with E-state index in [1.807, 2.05) is 24.8 Å². The molecule has 0 spiro atoms. The minimum atomic E-state index is 0.126. The van der Waals surface area contributed by atoms with Gasteiger partial charge in [-0.25, -0.2) is 9.97 Å². The van der Waals surface area contributed by atoms with Gasteiger partial charge in [-0.2, -0.15) is 0 Å². The first-order valence-electron chi connectivity index (χ1n) is 11.2. The van der Waals surface area contributed by atoms with Crippen molar-refractivity contribution in [1.82, 2.24) is 19.8 Å². The minimum Gasteiger partial charge on any atom is -0.454 e. The zero-order chi connectivity index (χ0) is 21.8. The predicted molar refractivity (Wildman–Crippen MR) is 123 cm³/mol. The molecule has 7 nitrogen and oxygen atoms in total. The van der Waals surface area contributed by atoms with Crippen molar-refractivity contribution in [3.05, 3.63) is 45.7 Å². The molecule has 0 unspecified atom stereocenters. The second kappa shape index (κ2) is 7.71. The number of hydrogen-bond acceptors (Lipinski definition) is 7. The average molecular weight is 451 g/mol. The van der Waals surface area contributed by atoms with Crippen LogP contribution in [0.1, 0.15) is 51.1 Å². The van der Waals surface area contributed by atoms with Crippen molar-refractivity contribution in [2.45, 2.75) is 39.2 Å². The highest BCUT2D eigenvalue weighted by molar-refractivity contribution is 7.20. The molecule has 1 amide bonds. The van der Waals surface area contributed by atoms with E-state index in [1.165, 1.54) is 29.7 Å². The molecule has 3 aromatic rings. The van der Waals surface area contributed by atoms with Gasteiger partial charge in [0.15, 0.2) is 11.5 Å². The molecule has 0 radical (unpaired) electrons. The molecule has 2 fully saturated rings. The van der Waals surface area contributed by atoms with Crippen molar-refractivity contribution in [3.63, 3.8) is 0 Å². The third kappa shape index (κ3) is 3.51. The molecule has 1 aliphatic carbocycles. The van der Waals surface area contributed by atoms with Gasteiger partial charge in [0.25, 0.3) is 5.91 Å². The summed E-state index contributed by atoms with van der Waals surface area (Å²) in [6.07, 6.45) is 2.36. The normalized spacial score (nSPS) is 18.5. The Morgan fingerprint density at radius 1 is 1.09 bits per heavy atom. The number of thiophene rings is 1. The zero-order valence-electron chi connectivity index (χ0n) is 18.4. The fourth-order valence-electron chi connectivity index (χ4n) is 4.64. The van der Waals surface area contributed by atoms with E-state index in [9.17, 15) is 4.79 Å². The number of benzene rings is 1. The highest BCUT2D eigenvalue weighted by Crippen LogP contribution is 2.40. The number of aromatic nitrogens is 2. The minimum absolute atomic E-state index is 0.126. The van der Waals surface area contributed by atoms with Crippen LogP contribution in [0.4, 0.5) is 0 Å². The van der Waals surface area contributed by atoms with Crippen LogP contribution in [0.2, 0.25) is 0 Å². The van der Waals surface area contributed by atoms with Crippen LogP contribution < -0.4 is 9.47 Å². The van der Waals surface area contributed by atoms with Crippen molar-refractivity contribution in [2.24, 2.45) is 0 Å². The third-order valence-electron chi connectivity index (χ3n) is 6.63. The Bertz CT molecular complexity index is 1210. The van der Waals surface area contributed by atoms with E-state index < -0.39 is 0 Å². The molecule has 166 valence electrons. The van der Waals surface area contributed by atoms with Gasteiger partial charge in [0, 0.05) is 44.0 Å². The van der Waals surface area contributed by atoms with Gasteiger partial charge in [-0.3, -0.25) is 9.69 Å². The van der Waals surface area contributed by atoms with Crippen LogP contribution in [-0.2, 0) is 6.54 Å². The van der Waals surface area contributed by atoms with Gasteiger partial charge >= 0.3 is 0 Å². The van der Waals surface area contributed by atoms with Crippen molar-refractivity contribution < 1.29 is 14.3 Å². The molecular formula is C24H26N4O3S. The van der Waals surface area contributed by atoms with E-state index in [4.69, 9.17) is 19.4 Å². The van der Waals surface area contributed by atoms with Gasteiger partial charge in [0.1, 0.15) is 10.7 Å². The summed E-state index contributed by atoms with van der Waals surface area (Å²) in [5.41, 5.74) is 3.23. The maximum absolute atomic E-state index is 13.4. The maximum Gasteiger partial charge on any atom is 0.264 e. The number of hydrogen-bond donors (Lipinski definition) is 0. The van der Waals surface area contributed by atoms with Gasteiger partial charge in [0.05, 0.1) is 10.6 Å². The van der Waals surface area contributed by atoms with Gasteiger partial charge in [0.2, 0.25) is 6.79 Å². The molecule has 0 N–H and O–H groups in total. The summed E-state index contributed by atoms with van der Waals surface area (Å²) in [5.74, 6) is 3.22. The smallest absolute Gasteiger partial charge is 0.264 e. The fourth-order valence-corrected chi connectivity index (χ4v) is 5.85. The van der Waals surface area contributed by atoms with Crippen LogP contribution >= 0.6 is 11.3 Å². The molecule has 2 aliphatic heterocycles. The van der Waals surface area contributed by atoms with Crippen molar-refractivity contribution >= 4 is 27.5 Å². The van der Waals surface area contributed by atoms with Crippen LogP contribution in [0, 0.1) is 13.8 Å². The lowest BCUT2D eigenvalue weighted by Gasteiger charge is -2.34. The van der Waals surface area contributed by atoms with Gasteiger partial charge in [-0.15, -0.1) is 11.3 Å². The predicted octanol–water partition coefficient (Wildman–Crippen LogP) is 3.87. The van der Waals surface area contributed by atoms with Gasteiger partial charge in [-0.1, -0.05) is 6.07 Å². The van der Waals surface area contributed by atoms with Gasteiger partial charge < -0.3 is 14.4 Å². The van der Waals surface area contributed by atoms with E-state index in [-0.39, 0.29) is 5.91 Å². The summed E-state index contributed by atoms with van der Waals surface area (Å²) in [7, 11) is 0. The first-order chi connectivity index (χ1) is 15.6. The Morgan fingerprint density at radius 2 is 1.88 bits per heavy atom. The quantitative estimate of drug-likeness (QED) is 0.601. The standard InChI is InChI=1S/C24H26N4O3S/c1-14-20-15(2)25-22(17-4-5-17)26-23(20)32-21(14)24(29)28-9-7-27(8-10-28)12-16-3-6-18-19(11-16)31-13-30-18/h3,6,11,17H,4-5,7-10,12-13H2,1-2H3. The molecule has 1 saturated carbocycles. The third-order valence-corrected chi connectivity index (χ3v) is 7.80. The topological polar surface area (TPSA) is 67.8 Å². The Hall–Kier alpha value is -2.71. The molecular weight excluding hydrogens is 424 g/mol. The van der Waals surface area contributed by atoms with Crippen molar-refractivity contribution in [2.75, 3.05) is 33.0 Å². The van der Waals surface area contributed by atoms with Crippen LogP contribution in [0.5, 0.6) is 11.5 Å². The van der Waals surface area contributed by atoms with Crippen LogP contribution in [-0.4, -0.2) is 58.6 Å². The summed E-state index contributed by atoms with van der Waals surface area (Å²) < 4.78 is 10.9. The number of piperazine rings is 1. The molecule has 1 saturated heterocycles. The Morgan fingerprint density at radius 3 is 2.66 bits per heavy atom. The monoisotopic (exact) mass is 450 g/mol. The Kier molecular flexibility index (Phi) is 4.80. The lowest BCUT2D eigenvalue weighted by molar-refractivity contribution is 0.0632. The number of nitrogens with zero attached hydrogens (tertiary/aromatic N) is 4. The number of fused-ring (bicyclic) bond motifs is 2. The first-order valence-corrected chi connectivity index (χ1v) is 12.1. The molecule has 4 heterocycles. The highest BCUT2D eigenvalue weighted by atomic mass is 32.1. The summed E-state index contributed by atoms with van der Waals surface area (Å²) in [6.45, 7) is 8.39. The fraction of sp³-hybridized carbons (Fsp3) is 0.458. The molecule has 1 aromatic carbocycles. The number of ether oxygens (including phenoxy) is 2. The largest absolute Gasteiger partial charge is 0.454 e. The average Bonchev–Trinajstić information content (AvgIpc) is 3.45. The molecule has 8 heteroatoms. The lowest BCUT2D eigenvalue weighted by Crippen LogP contribution is -2.48. The summed E-state index contributed by atoms with van der Waals surface area (Å²) >= 11 is 1.53. The first kappa shape index (κ1) is 19.9. The summed E-state index contributed by atoms with van der Waals surface area (Å²) in [4.78, 5) is 29.0. The molecule has 32 heavy (non-hydrogen) atoms. The number of carbonyl (C=O) groups is 1. The van der Waals surface area contributed by atoms with E-state index in [2.05, 4.69) is 17.0 Å². The van der Waals surface area contributed by atoms with Crippen molar-refractivity contribution in [3.8, 4) is 11.5 Å². The molecule has 0 atom stereocenters. The molecule has 2 aromatic heterocycles. The molecule has 0 bridgehead atoms. The van der Waals surface area contributed by atoms with Crippen molar-refractivity contribution in [1.29, 1.82) is 0 Å². The van der Waals surface area contributed by atoms with Crippen LogP contribution in [0.3, 0.4) is 0 Å². The number of rotatable bonds is 4. The summed E-state index contributed by atoms with van der Waals surface area (Å²) in [5, 5.41) is 1.06. The van der Waals surface area contributed by atoms with Gasteiger partial charge in [-0.05, 0) is 49.9 Å². The van der Waals surface area contributed by atoms with E-state index in [1.54, 1.807) is 0 Å². The van der Waals surface area contributed by atoms with Crippen LogP contribution in [0.25, 0.3) is 10.2 Å². The second-order valence-electron chi connectivity index (χ2n) is 8.93. The van der Waals surface area contributed by atoms with E-state index in [0.717, 1.165) is 76.4 Å². The lowest BCUT2D eigenvalue weighted by atomic mass is 10.1. The molecule has 6 rings (SSSR count). The van der Waals surface area contributed by atoms with E-state index in [0.29, 0.717) is 12.7 Å². The Labute approximate surface area is 191 Å². The number of carbonyl (C=O) groups excluding carboxylic acids is 1. The zero-order valence-corrected chi connectivity index (χ0v) is 19.2. The highest BCUT2D eigenvalue weighted by Gasteiger charge is 2.30. The van der Waals surface area contributed by atoms with Crippen LogP contribution in [0.15, 0.2) is 18.2 Å². The SMILES string of the molecule is Cc1nc(C2CC2)nc2sc(C(=O)N3CCN(Cc4ccc5c(c4)OCO5)CC3)c(C)c12. The summed E-state index contributed by atoms with van der Waals surface area (Å²) in [6, 6.07) is 6.12. The second-order valence-corrected chi connectivity index (χ2v) is 9.93. The maximum atomic E-state index is 13.4. The number of amides is 1. The molecule has 3 aliphatic rings. The Balaban J connectivity index is 1.15.